The fraction of sp³-hybridized carbons (Fsp3) is 0.784. The summed E-state index contributed by atoms with van der Waals surface area (Å²) in [4.78, 5) is 0. The summed E-state index contributed by atoms with van der Waals surface area (Å²) in [6, 6.07) is 12.3. The third-order valence-corrected chi connectivity index (χ3v) is 10.4. The Kier molecular flexibility index (Phi) is 14.5. The van der Waals surface area contributed by atoms with Crippen LogP contribution in [0.1, 0.15) is 147 Å². The Hall–Kier alpha value is -1.80. The Balaban J connectivity index is 1.65. The highest BCUT2D eigenvalue weighted by Gasteiger charge is 2.31. The van der Waals surface area contributed by atoms with Crippen molar-refractivity contribution in [2.75, 3.05) is 0 Å². The lowest BCUT2D eigenvalue weighted by atomic mass is 9.71. The first-order chi connectivity index (χ1) is 19.1. The molecule has 216 valence electrons. The maximum Gasteiger partial charge on any atom is 0.0662 e. The molecule has 0 heterocycles. The maximum atomic E-state index is 10.3. The minimum atomic E-state index is 0.108. The van der Waals surface area contributed by atoms with Crippen LogP contribution < -0.4 is 0 Å². The van der Waals surface area contributed by atoms with E-state index in [2.05, 4.69) is 51.1 Å². The van der Waals surface area contributed by atoms with Gasteiger partial charge in [0.15, 0.2) is 0 Å². The summed E-state index contributed by atoms with van der Waals surface area (Å²) in [5.74, 6) is 3.06. The van der Waals surface area contributed by atoms with Crippen LogP contribution >= 0.6 is 0 Å². The van der Waals surface area contributed by atoms with Crippen LogP contribution in [0.4, 0.5) is 0 Å². The van der Waals surface area contributed by atoms with Crippen LogP contribution in [0.15, 0.2) is 18.2 Å². The van der Waals surface area contributed by atoms with Crippen molar-refractivity contribution >= 4 is 0 Å². The summed E-state index contributed by atoms with van der Waals surface area (Å²) in [7, 11) is 0. The monoisotopic (exact) mass is 530 g/mol. The predicted molar refractivity (Wildman–Crippen MR) is 165 cm³/mol. The Morgan fingerprint density at radius 3 is 1.59 bits per heavy atom. The van der Waals surface area contributed by atoms with Gasteiger partial charge in [-0.3, -0.25) is 0 Å². The van der Waals surface area contributed by atoms with Gasteiger partial charge in [-0.25, -0.2) is 0 Å². The van der Waals surface area contributed by atoms with Crippen molar-refractivity contribution < 1.29 is 0 Å². The molecule has 0 N–H and O–H groups in total. The molecule has 1 aromatic rings. The molecule has 1 aromatic carbocycles. The molecule has 0 bridgehead atoms. The van der Waals surface area contributed by atoms with Gasteiger partial charge in [0, 0.05) is 0 Å². The number of aryl methyl sites for hydroxylation is 1. The number of unbranched alkanes of at least 4 members (excludes halogenated alkanes) is 4. The smallest absolute Gasteiger partial charge is 0.0662 e. The standard InChI is InChI=1S/C37H58N2/c1-4-7-9-13-29-17-21-31(22-18-29)35(27-38)25-34-16-11-15-33(12-6-3)37(34)26-36(28-39)32-23-19-30(20-24-32)14-10-8-5-2/h11,15-16,29-32,35-36H,4-10,12-14,17-26H2,1-3H3. The molecule has 3 rings (SSSR count). The summed E-state index contributed by atoms with van der Waals surface area (Å²) < 4.78 is 0. The van der Waals surface area contributed by atoms with Gasteiger partial charge in [-0.05, 0) is 85.3 Å². The number of nitriles is 2. The topological polar surface area (TPSA) is 47.6 Å². The molecule has 2 saturated carbocycles. The average Bonchev–Trinajstić information content (AvgIpc) is 2.97. The first-order valence-electron chi connectivity index (χ1n) is 17.0. The van der Waals surface area contributed by atoms with Crippen LogP contribution in [0.2, 0.25) is 0 Å². The van der Waals surface area contributed by atoms with Gasteiger partial charge < -0.3 is 0 Å². The molecule has 2 aliphatic carbocycles. The second-order valence-corrected chi connectivity index (χ2v) is 13.2. The fourth-order valence-electron chi connectivity index (χ4n) is 7.86. The second kappa shape index (κ2) is 17.8. The molecule has 2 atom stereocenters. The highest BCUT2D eigenvalue weighted by molar-refractivity contribution is 5.37. The minimum absolute atomic E-state index is 0.108. The molecule has 39 heavy (non-hydrogen) atoms. The van der Waals surface area contributed by atoms with Crippen LogP contribution in [0.25, 0.3) is 0 Å². The van der Waals surface area contributed by atoms with E-state index in [0.717, 1.165) is 37.5 Å². The van der Waals surface area contributed by atoms with E-state index in [1.807, 2.05) is 0 Å². The third-order valence-electron chi connectivity index (χ3n) is 10.4. The largest absolute Gasteiger partial charge is 0.198 e. The highest BCUT2D eigenvalue weighted by atomic mass is 14.4. The Morgan fingerprint density at radius 2 is 1.13 bits per heavy atom. The van der Waals surface area contributed by atoms with E-state index in [-0.39, 0.29) is 11.8 Å². The Morgan fingerprint density at radius 1 is 0.641 bits per heavy atom. The quantitative estimate of drug-likeness (QED) is 0.199. The van der Waals surface area contributed by atoms with Crippen molar-refractivity contribution in [3.63, 3.8) is 0 Å². The normalized spacial score (nSPS) is 24.9. The van der Waals surface area contributed by atoms with Gasteiger partial charge in [0.05, 0.1) is 24.0 Å². The van der Waals surface area contributed by atoms with Crippen molar-refractivity contribution in [1.82, 2.24) is 0 Å². The van der Waals surface area contributed by atoms with Gasteiger partial charge in [0.2, 0.25) is 0 Å². The van der Waals surface area contributed by atoms with Crippen LogP contribution in [0, 0.1) is 58.2 Å². The van der Waals surface area contributed by atoms with Crippen LogP contribution in [0.5, 0.6) is 0 Å². The number of hydrogen-bond donors (Lipinski definition) is 0. The van der Waals surface area contributed by atoms with Crippen LogP contribution in [-0.2, 0) is 19.3 Å². The van der Waals surface area contributed by atoms with Crippen molar-refractivity contribution in [2.24, 2.45) is 35.5 Å². The number of rotatable bonds is 16. The highest BCUT2D eigenvalue weighted by Crippen LogP contribution is 2.40. The van der Waals surface area contributed by atoms with Gasteiger partial charge in [-0.15, -0.1) is 0 Å². The maximum absolute atomic E-state index is 10.3. The molecule has 0 saturated heterocycles. The van der Waals surface area contributed by atoms with Crippen LogP contribution in [-0.4, -0.2) is 0 Å². The number of hydrogen-bond acceptors (Lipinski definition) is 2. The van der Waals surface area contributed by atoms with Crippen molar-refractivity contribution in [3.05, 3.63) is 34.9 Å². The molecule has 2 unspecified atom stereocenters. The van der Waals surface area contributed by atoms with E-state index >= 15 is 0 Å². The fourth-order valence-corrected chi connectivity index (χ4v) is 7.86. The van der Waals surface area contributed by atoms with Gasteiger partial charge in [-0.2, -0.15) is 10.5 Å². The molecular formula is C37H58N2. The summed E-state index contributed by atoms with van der Waals surface area (Å²) in [5.41, 5.74) is 4.22. The summed E-state index contributed by atoms with van der Waals surface area (Å²) >= 11 is 0. The van der Waals surface area contributed by atoms with Crippen molar-refractivity contribution in [3.8, 4) is 12.1 Å². The van der Waals surface area contributed by atoms with E-state index < -0.39 is 0 Å². The van der Waals surface area contributed by atoms with Gasteiger partial charge in [0.1, 0.15) is 0 Å². The molecular weight excluding hydrogens is 472 g/mol. The number of benzene rings is 1. The molecule has 0 aromatic heterocycles. The average molecular weight is 531 g/mol. The van der Waals surface area contributed by atoms with Crippen molar-refractivity contribution in [1.29, 1.82) is 10.5 Å². The second-order valence-electron chi connectivity index (χ2n) is 13.2. The SMILES string of the molecule is CCCCCC1CCC(C(C#N)Cc2cccc(CCC)c2CC(C#N)C2CCC(CCCCC)CC2)CC1. The molecule has 0 aliphatic heterocycles. The lowest BCUT2D eigenvalue weighted by Crippen LogP contribution is -2.25. The van der Waals surface area contributed by atoms with E-state index in [0.29, 0.717) is 11.8 Å². The van der Waals surface area contributed by atoms with E-state index in [1.165, 1.54) is 119 Å². The third kappa shape index (κ3) is 9.96. The lowest BCUT2D eigenvalue weighted by Gasteiger charge is -2.33. The predicted octanol–water partition coefficient (Wildman–Crippen LogP) is 10.8. The number of nitrogens with zero attached hydrogens (tertiary/aromatic N) is 2. The molecule has 2 nitrogen and oxygen atoms in total. The van der Waals surface area contributed by atoms with Gasteiger partial charge in [-0.1, -0.05) is 122 Å². The Labute approximate surface area is 242 Å². The molecule has 2 aliphatic rings. The zero-order valence-electron chi connectivity index (χ0n) is 25.7. The first kappa shape index (κ1) is 31.7. The summed E-state index contributed by atoms with van der Waals surface area (Å²) in [6.45, 7) is 6.84. The molecule has 2 heteroatoms. The lowest BCUT2D eigenvalue weighted by molar-refractivity contribution is 0.218. The zero-order chi connectivity index (χ0) is 27.9. The van der Waals surface area contributed by atoms with Gasteiger partial charge in [0.25, 0.3) is 0 Å². The van der Waals surface area contributed by atoms with Crippen molar-refractivity contribution in [2.45, 2.75) is 149 Å². The molecule has 2 fully saturated rings. The Bertz CT molecular complexity index is 889. The summed E-state index contributed by atoms with van der Waals surface area (Å²) in [5, 5.41) is 20.6. The molecule has 0 radical (unpaired) electrons. The zero-order valence-corrected chi connectivity index (χ0v) is 25.7. The minimum Gasteiger partial charge on any atom is -0.198 e. The summed E-state index contributed by atoms with van der Waals surface area (Å²) in [6.07, 6.45) is 25.0. The van der Waals surface area contributed by atoms with Crippen LogP contribution in [0.3, 0.4) is 0 Å². The van der Waals surface area contributed by atoms with E-state index in [9.17, 15) is 10.5 Å². The van der Waals surface area contributed by atoms with E-state index in [1.54, 1.807) is 0 Å². The molecule has 0 amide bonds. The van der Waals surface area contributed by atoms with Gasteiger partial charge >= 0.3 is 0 Å². The van der Waals surface area contributed by atoms with E-state index in [4.69, 9.17) is 0 Å². The molecule has 0 spiro atoms. The first-order valence-corrected chi connectivity index (χ1v) is 17.0.